The summed E-state index contributed by atoms with van der Waals surface area (Å²) in [5.74, 6) is -6.29. The van der Waals surface area contributed by atoms with Crippen LogP contribution >= 0.6 is 9.24 Å². The fourth-order valence-corrected chi connectivity index (χ4v) is 1.54. The van der Waals surface area contributed by atoms with Crippen molar-refractivity contribution in [3.8, 4) is 0 Å². The van der Waals surface area contributed by atoms with Gasteiger partial charge in [0, 0.05) is 7.11 Å². The fourth-order valence-electron chi connectivity index (χ4n) is 1.27. The molecule has 0 aliphatic heterocycles. The van der Waals surface area contributed by atoms with Crippen molar-refractivity contribution in [2.24, 2.45) is 0 Å². The highest BCUT2D eigenvalue weighted by Gasteiger charge is 2.76. The third-order valence-electron chi connectivity index (χ3n) is 2.94. The third-order valence-corrected chi connectivity index (χ3v) is 3.39. The minimum atomic E-state index is -7.46. The van der Waals surface area contributed by atoms with Crippen LogP contribution in [-0.2, 0) is 23.7 Å². The topological polar surface area (TPSA) is 46.2 Å². The van der Waals surface area contributed by atoms with E-state index in [1.54, 1.807) is 9.47 Å². The summed E-state index contributed by atoms with van der Waals surface area (Å²) in [5.41, 5.74) is -5.40. The van der Waals surface area contributed by atoms with Gasteiger partial charge in [-0.15, -0.1) is 0 Å². The average molecular weight is 574 g/mol. The Morgan fingerprint density at radius 3 is 1.21 bits per heavy atom. The summed E-state index contributed by atoms with van der Waals surface area (Å²) in [6.45, 7) is -7.42. The maximum absolute atomic E-state index is 13.4. The lowest BCUT2D eigenvalue weighted by Crippen LogP contribution is -2.60. The highest BCUT2D eigenvalue weighted by atomic mass is 31.0. The van der Waals surface area contributed by atoms with Crippen molar-refractivity contribution in [2.45, 2.75) is 54.8 Å². The molecule has 0 aromatic carbocycles. The van der Waals surface area contributed by atoms with Gasteiger partial charge in [-0.25, -0.2) is 9.47 Å². The third kappa shape index (κ3) is 7.28. The number of alkyl halides is 17. The summed E-state index contributed by atoms with van der Waals surface area (Å²) in [6.07, 6.45) is -41.7. The van der Waals surface area contributed by atoms with E-state index in [4.69, 9.17) is 0 Å². The molecular formula is C11H8F17O5P. The van der Waals surface area contributed by atoms with E-state index >= 15 is 0 Å². The van der Waals surface area contributed by atoms with Gasteiger partial charge in [0.25, 0.3) is 0 Å². The molecular weight excluding hydrogens is 566 g/mol. The van der Waals surface area contributed by atoms with E-state index in [-0.39, 0.29) is 16.3 Å². The summed E-state index contributed by atoms with van der Waals surface area (Å²) < 4.78 is 232. The van der Waals surface area contributed by atoms with Crippen molar-refractivity contribution in [1.82, 2.24) is 0 Å². The van der Waals surface area contributed by atoms with E-state index in [9.17, 15) is 74.6 Å². The first-order chi connectivity index (χ1) is 14.6. The number of methoxy groups -OCH3 is 1. The molecule has 0 amide bonds. The number of hydrogen-bond acceptors (Lipinski definition) is 5. The molecule has 34 heavy (non-hydrogen) atoms. The summed E-state index contributed by atoms with van der Waals surface area (Å²) >= 11 is 0. The van der Waals surface area contributed by atoms with Gasteiger partial charge in [-0.1, -0.05) is 9.24 Å². The molecule has 2 unspecified atom stereocenters. The van der Waals surface area contributed by atoms with Crippen molar-refractivity contribution < 1.29 is 98.3 Å². The smallest absolute Gasteiger partial charge is 0.319 e. The van der Waals surface area contributed by atoms with E-state index in [1.807, 2.05) is 0 Å². The van der Waals surface area contributed by atoms with Crippen LogP contribution in [0.25, 0.3) is 0 Å². The second kappa shape index (κ2) is 9.83. The van der Waals surface area contributed by atoms with Crippen molar-refractivity contribution >= 4 is 9.24 Å². The summed E-state index contributed by atoms with van der Waals surface area (Å²) in [7, 11) is -0.0917. The van der Waals surface area contributed by atoms with E-state index in [2.05, 4.69) is 14.2 Å². The molecule has 5 nitrogen and oxygen atoms in total. The molecule has 0 heterocycles. The van der Waals surface area contributed by atoms with Gasteiger partial charge in [-0.05, 0) is 0 Å². The van der Waals surface area contributed by atoms with E-state index in [1.165, 1.54) is 0 Å². The molecule has 0 spiro atoms. The normalized spacial score (nSPS) is 17.3. The van der Waals surface area contributed by atoms with Crippen molar-refractivity contribution in [3.05, 3.63) is 0 Å². The Bertz CT molecular complexity index is 685. The minimum absolute atomic E-state index is 0.0165. The predicted molar refractivity (Wildman–Crippen MR) is 70.4 cm³/mol. The van der Waals surface area contributed by atoms with E-state index in [0.29, 0.717) is 0 Å². The highest BCUT2D eigenvalue weighted by molar-refractivity contribution is 7.18. The Morgan fingerprint density at radius 1 is 0.559 bits per heavy atom. The van der Waals surface area contributed by atoms with Crippen LogP contribution in [0.3, 0.4) is 0 Å². The van der Waals surface area contributed by atoms with Gasteiger partial charge in [0.1, 0.15) is 6.61 Å². The SMILES string of the molecule is COC(F)(F)C(F)(P)OC(F)(F)C(F)(F)OC(F)(F)C(F)(F)OC(F)(F)C(F)(F)COC(F)F. The van der Waals surface area contributed by atoms with Crippen LogP contribution in [0, 0.1) is 0 Å². The maximum Gasteiger partial charge on any atom is 0.453 e. The molecule has 0 aromatic heterocycles. The number of ether oxygens (including phenoxy) is 5. The average Bonchev–Trinajstić information content (AvgIpc) is 2.56. The predicted octanol–water partition coefficient (Wildman–Crippen LogP) is 5.61. The number of rotatable bonds is 14. The Balaban J connectivity index is 5.85. The van der Waals surface area contributed by atoms with Crippen LogP contribution in [0.1, 0.15) is 0 Å². The van der Waals surface area contributed by atoms with Gasteiger partial charge < -0.3 is 9.47 Å². The second-order valence-corrected chi connectivity index (χ2v) is 6.27. The van der Waals surface area contributed by atoms with Crippen molar-refractivity contribution in [1.29, 1.82) is 0 Å². The summed E-state index contributed by atoms with van der Waals surface area (Å²) in [5, 5.41) is 0. The van der Waals surface area contributed by atoms with Crippen LogP contribution in [0.15, 0.2) is 0 Å². The molecule has 206 valence electrons. The number of halogens is 17. The molecule has 0 aromatic rings. The Morgan fingerprint density at radius 2 is 0.882 bits per heavy atom. The zero-order valence-electron chi connectivity index (χ0n) is 15.3. The first-order valence-corrected chi connectivity index (χ1v) is 7.85. The largest absolute Gasteiger partial charge is 0.453 e. The van der Waals surface area contributed by atoms with Crippen LogP contribution < -0.4 is 0 Å². The lowest BCUT2D eigenvalue weighted by Gasteiger charge is -2.36. The molecule has 0 bridgehead atoms. The molecule has 0 N–H and O–H groups in total. The van der Waals surface area contributed by atoms with Crippen LogP contribution in [-0.4, -0.2) is 68.5 Å². The van der Waals surface area contributed by atoms with E-state index in [0.717, 1.165) is 0 Å². The zero-order valence-corrected chi connectivity index (χ0v) is 16.5. The van der Waals surface area contributed by atoms with Gasteiger partial charge in [0.2, 0.25) is 0 Å². The molecule has 0 rings (SSSR count). The molecule has 0 fully saturated rings. The highest BCUT2D eigenvalue weighted by Crippen LogP contribution is 2.52. The van der Waals surface area contributed by atoms with Gasteiger partial charge in [-0.3, -0.25) is 4.74 Å². The Labute approximate surface area is 177 Å². The first kappa shape index (κ1) is 33.0. The lowest BCUT2D eigenvalue weighted by atomic mass is 10.3. The molecule has 0 radical (unpaired) electrons. The van der Waals surface area contributed by atoms with Gasteiger partial charge in [-0.2, -0.15) is 74.6 Å². The molecule has 0 saturated carbocycles. The summed E-state index contributed by atoms with van der Waals surface area (Å²) in [4.78, 5) is 0. The number of hydrogen-bond donors (Lipinski definition) is 0. The van der Waals surface area contributed by atoms with Gasteiger partial charge >= 0.3 is 54.8 Å². The molecule has 23 heteroatoms. The molecule has 0 aliphatic rings. The summed E-state index contributed by atoms with van der Waals surface area (Å²) in [6, 6.07) is 0. The van der Waals surface area contributed by atoms with Crippen LogP contribution in [0.5, 0.6) is 0 Å². The van der Waals surface area contributed by atoms with Crippen LogP contribution in [0.4, 0.5) is 74.6 Å². The molecule has 2 atom stereocenters. The zero-order chi connectivity index (χ0) is 27.8. The standard InChI is InChI=1S/C11H8F17O5P/c1-29-10(26,27)11(28,34)33-9(24,25)8(22,23)32-7(20,21)6(18,19)31-5(16,17)4(14,15)2-30-3(12)13/h3H,2,34H2,1H3. The van der Waals surface area contributed by atoms with Gasteiger partial charge in [0.05, 0.1) is 0 Å². The Hall–Kier alpha value is -0.960. The van der Waals surface area contributed by atoms with Gasteiger partial charge in [0.15, 0.2) is 0 Å². The first-order valence-electron chi connectivity index (χ1n) is 7.27. The monoisotopic (exact) mass is 574 g/mol. The molecule has 0 saturated heterocycles. The van der Waals surface area contributed by atoms with Crippen molar-refractivity contribution in [2.75, 3.05) is 13.7 Å². The van der Waals surface area contributed by atoms with Crippen molar-refractivity contribution in [3.63, 3.8) is 0 Å². The fraction of sp³-hybridized carbons (Fsp3) is 1.00. The van der Waals surface area contributed by atoms with Crippen LogP contribution in [0.2, 0.25) is 0 Å². The molecule has 0 aliphatic carbocycles. The second-order valence-electron chi connectivity index (χ2n) is 5.53. The minimum Gasteiger partial charge on any atom is -0.319 e. The maximum atomic E-state index is 13.4. The quantitative estimate of drug-likeness (QED) is 0.200. The lowest BCUT2D eigenvalue weighted by molar-refractivity contribution is -0.562. The van der Waals surface area contributed by atoms with E-state index < -0.39 is 61.4 Å². The Kier molecular flexibility index (Phi) is 9.55.